The SMILES string of the molecule is CCCCOc1ccc(C2CC=CCC2NC(C)=O)c(OCOC)c1. The van der Waals surface area contributed by atoms with Gasteiger partial charge in [0.05, 0.1) is 6.61 Å². The van der Waals surface area contributed by atoms with E-state index in [-0.39, 0.29) is 24.7 Å². The van der Waals surface area contributed by atoms with E-state index in [1.165, 1.54) is 0 Å². The zero-order chi connectivity index (χ0) is 18.1. The minimum absolute atomic E-state index is 0.0100. The van der Waals surface area contributed by atoms with E-state index >= 15 is 0 Å². The summed E-state index contributed by atoms with van der Waals surface area (Å²) in [4.78, 5) is 11.5. The highest BCUT2D eigenvalue weighted by Crippen LogP contribution is 2.37. The number of allylic oxidation sites excluding steroid dienone is 1. The molecule has 0 aliphatic heterocycles. The standard InChI is InChI=1S/C20H29NO4/c1-4-5-12-24-16-10-11-18(20(13-16)25-14-23-3)17-8-6-7-9-19(17)21-15(2)22/h6-7,10-11,13,17,19H,4-5,8-9,12,14H2,1-3H3,(H,21,22). The Bertz CT molecular complexity index is 585. The van der Waals surface area contributed by atoms with Crippen molar-refractivity contribution in [1.82, 2.24) is 5.32 Å². The first-order valence-electron chi connectivity index (χ1n) is 8.96. The molecular weight excluding hydrogens is 318 g/mol. The number of hydrogen-bond acceptors (Lipinski definition) is 4. The Morgan fingerprint density at radius 3 is 2.76 bits per heavy atom. The van der Waals surface area contributed by atoms with Crippen LogP contribution in [0.1, 0.15) is 51.0 Å². The number of hydrogen-bond donors (Lipinski definition) is 1. The maximum atomic E-state index is 11.5. The van der Waals surface area contributed by atoms with Crippen LogP contribution in [0.15, 0.2) is 30.4 Å². The summed E-state index contributed by atoms with van der Waals surface area (Å²) in [5, 5.41) is 3.06. The van der Waals surface area contributed by atoms with Crippen molar-refractivity contribution in [2.24, 2.45) is 0 Å². The fourth-order valence-electron chi connectivity index (χ4n) is 3.07. The van der Waals surface area contributed by atoms with Crippen LogP contribution >= 0.6 is 0 Å². The van der Waals surface area contributed by atoms with Gasteiger partial charge in [-0.05, 0) is 30.9 Å². The molecule has 1 aromatic rings. The predicted octanol–water partition coefficient (Wildman–Crippen LogP) is 3.79. The van der Waals surface area contributed by atoms with E-state index in [1.807, 2.05) is 18.2 Å². The summed E-state index contributed by atoms with van der Waals surface area (Å²) < 4.78 is 16.7. The number of methoxy groups -OCH3 is 1. The maximum Gasteiger partial charge on any atom is 0.217 e. The van der Waals surface area contributed by atoms with Gasteiger partial charge in [0, 0.05) is 32.1 Å². The lowest BCUT2D eigenvalue weighted by Crippen LogP contribution is -2.38. The highest BCUT2D eigenvalue weighted by atomic mass is 16.7. The molecule has 5 heteroatoms. The van der Waals surface area contributed by atoms with E-state index in [4.69, 9.17) is 14.2 Å². The molecule has 0 bridgehead atoms. The maximum absolute atomic E-state index is 11.5. The lowest BCUT2D eigenvalue weighted by molar-refractivity contribution is -0.119. The van der Waals surface area contributed by atoms with Crippen molar-refractivity contribution < 1.29 is 19.0 Å². The molecule has 25 heavy (non-hydrogen) atoms. The van der Waals surface area contributed by atoms with Gasteiger partial charge in [0.15, 0.2) is 6.79 Å². The summed E-state index contributed by atoms with van der Waals surface area (Å²) in [5.41, 5.74) is 1.07. The number of benzene rings is 1. The second-order valence-electron chi connectivity index (χ2n) is 6.31. The van der Waals surface area contributed by atoms with Gasteiger partial charge in [-0.25, -0.2) is 0 Å². The fourth-order valence-corrected chi connectivity index (χ4v) is 3.07. The third kappa shape index (κ3) is 5.78. The van der Waals surface area contributed by atoms with Gasteiger partial charge < -0.3 is 19.5 Å². The van der Waals surface area contributed by atoms with Gasteiger partial charge in [-0.2, -0.15) is 0 Å². The smallest absolute Gasteiger partial charge is 0.217 e. The van der Waals surface area contributed by atoms with Crippen molar-refractivity contribution in [2.75, 3.05) is 20.5 Å². The molecule has 1 aliphatic rings. The van der Waals surface area contributed by atoms with Gasteiger partial charge in [0.25, 0.3) is 0 Å². The Morgan fingerprint density at radius 1 is 1.24 bits per heavy atom. The molecule has 0 saturated carbocycles. The quantitative estimate of drug-likeness (QED) is 0.419. The van der Waals surface area contributed by atoms with Crippen molar-refractivity contribution in [3.8, 4) is 11.5 Å². The van der Waals surface area contributed by atoms with Crippen LogP contribution < -0.4 is 14.8 Å². The van der Waals surface area contributed by atoms with Crippen LogP contribution in [0.3, 0.4) is 0 Å². The second kappa shape index (κ2) is 10.1. The molecule has 0 radical (unpaired) electrons. The molecule has 2 rings (SSSR count). The summed E-state index contributed by atoms with van der Waals surface area (Å²) >= 11 is 0. The molecule has 1 aliphatic carbocycles. The van der Waals surface area contributed by atoms with Gasteiger partial charge in [-0.15, -0.1) is 0 Å². The van der Waals surface area contributed by atoms with Crippen LogP contribution in [0.5, 0.6) is 11.5 Å². The lowest BCUT2D eigenvalue weighted by Gasteiger charge is -2.30. The predicted molar refractivity (Wildman–Crippen MR) is 98.1 cm³/mol. The third-order valence-corrected chi connectivity index (χ3v) is 4.30. The molecule has 5 nitrogen and oxygen atoms in total. The Hall–Kier alpha value is -2.01. The van der Waals surface area contributed by atoms with Crippen molar-refractivity contribution in [3.63, 3.8) is 0 Å². The van der Waals surface area contributed by atoms with E-state index in [1.54, 1.807) is 14.0 Å². The Kier molecular flexibility index (Phi) is 7.79. The Morgan fingerprint density at radius 2 is 2.04 bits per heavy atom. The van der Waals surface area contributed by atoms with Crippen LogP contribution in [0, 0.1) is 0 Å². The first-order valence-corrected chi connectivity index (χ1v) is 8.96. The van der Waals surface area contributed by atoms with Crippen molar-refractivity contribution in [1.29, 1.82) is 0 Å². The topological polar surface area (TPSA) is 56.8 Å². The number of ether oxygens (including phenoxy) is 3. The van der Waals surface area contributed by atoms with Crippen molar-refractivity contribution >= 4 is 5.91 Å². The molecule has 1 amide bonds. The number of carbonyl (C=O) groups is 1. The first kappa shape index (κ1) is 19.3. The van der Waals surface area contributed by atoms with Crippen LogP contribution in [-0.4, -0.2) is 32.5 Å². The summed E-state index contributed by atoms with van der Waals surface area (Å²) in [5.74, 6) is 1.71. The minimum atomic E-state index is -0.0100. The number of carbonyl (C=O) groups excluding carboxylic acids is 1. The molecule has 0 spiro atoms. The average Bonchev–Trinajstić information content (AvgIpc) is 2.60. The summed E-state index contributed by atoms with van der Waals surface area (Å²) in [6.45, 7) is 4.57. The molecule has 0 aromatic heterocycles. The zero-order valence-corrected chi connectivity index (χ0v) is 15.4. The molecule has 1 N–H and O–H groups in total. The molecule has 0 heterocycles. The van der Waals surface area contributed by atoms with E-state index in [0.29, 0.717) is 6.61 Å². The van der Waals surface area contributed by atoms with E-state index < -0.39 is 0 Å². The van der Waals surface area contributed by atoms with Crippen LogP contribution in [0.4, 0.5) is 0 Å². The number of unbranched alkanes of at least 4 members (excludes halogenated alkanes) is 1. The molecule has 0 fully saturated rings. The molecule has 0 saturated heterocycles. The Balaban J connectivity index is 2.23. The van der Waals surface area contributed by atoms with Crippen molar-refractivity contribution in [3.05, 3.63) is 35.9 Å². The summed E-state index contributed by atoms with van der Waals surface area (Å²) in [6, 6.07) is 6.02. The number of nitrogens with one attached hydrogen (secondary N) is 1. The zero-order valence-electron chi connectivity index (χ0n) is 15.4. The highest BCUT2D eigenvalue weighted by molar-refractivity contribution is 5.73. The molecular formula is C20H29NO4. The first-order chi connectivity index (χ1) is 12.2. The fraction of sp³-hybridized carbons (Fsp3) is 0.550. The van der Waals surface area contributed by atoms with Gasteiger partial charge in [0.2, 0.25) is 5.91 Å². The van der Waals surface area contributed by atoms with E-state index in [0.717, 1.165) is 42.7 Å². The summed E-state index contributed by atoms with van der Waals surface area (Å²) in [7, 11) is 1.60. The average molecular weight is 347 g/mol. The number of amides is 1. The largest absolute Gasteiger partial charge is 0.493 e. The molecule has 2 unspecified atom stereocenters. The Labute approximate surface area is 150 Å². The number of rotatable bonds is 9. The molecule has 2 atom stereocenters. The van der Waals surface area contributed by atoms with Crippen LogP contribution in [0.2, 0.25) is 0 Å². The van der Waals surface area contributed by atoms with Crippen molar-refractivity contribution in [2.45, 2.75) is 51.5 Å². The third-order valence-electron chi connectivity index (χ3n) is 4.30. The second-order valence-corrected chi connectivity index (χ2v) is 6.31. The highest BCUT2D eigenvalue weighted by Gasteiger charge is 2.27. The minimum Gasteiger partial charge on any atom is -0.493 e. The van der Waals surface area contributed by atoms with Gasteiger partial charge in [-0.1, -0.05) is 31.6 Å². The molecule has 138 valence electrons. The normalized spacial score (nSPS) is 19.5. The monoisotopic (exact) mass is 347 g/mol. The lowest BCUT2D eigenvalue weighted by atomic mass is 9.83. The van der Waals surface area contributed by atoms with E-state index in [2.05, 4.69) is 24.4 Å². The van der Waals surface area contributed by atoms with Gasteiger partial charge >= 0.3 is 0 Å². The van der Waals surface area contributed by atoms with Gasteiger partial charge in [-0.3, -0.25) is 4.79 Å². The van der Waals surface area contributed by atoms with Crippen LogP contribution in [-0.2, 0) is 9.53 Å². The summed E-state index contributed by atoms with van der Waals surface area (Å²) in [6.07, 6.45) is 8.09. The molecule has 1 aromatic carbocycles. The van der Waals surface area contributed by atoms with Gasteiger partial charge in [0.1, 0.15) is 11.5 Å². The van der Waals surface area contributed by atoms with Crippen LogP contribution in [0.25, 0.3) is 0 Å². The van der Waals surface area contributed by atoms with E-state index in [9.17, 15) is 4.79 Å².